The molecular weight excluding hydrogens is 206 g/mol. The number of benzene rings is 1. The van der Waals surface area contributed by atoms with Crippen LogP contribution in [0, 0.1) is 13.8 Å². The third-order valence-electron chi connectivity index (χ3n) is 2.31. The van der Waals surface area contributed by atoms with Crippen LogP contribution in [0.3, 0.4) is 0 Å². The first-order valence-corrected chi connectivity index (χ1v) is 4.89. The number of rotatable bonds is 1. The predicted molar refractivity (Wildman–Crippen MR) is 58.6 cm³/mol. The molecule has 0 aliphatic heterocycles. The summed E-state index contributed by atoms with van der Waals surface area (Å²) in [4.78, 5) is 22.9. The van der Waals surface area contributed by atoms with Gasteiger partial charge in [-0.1, -0.05) is 17.7 Å². The Kier molecular flexibility index (Phi) is 2.48. The van der Waals surface area contributed by atoms with Crippen LogP contribution in [0.2, 0.25) is 0 Å². The fourth-order valence-corrected chi connectivity index (χ4v) is 1.43. The molecule has 82 valence electrons. The molecule has 2 aromatic rings. The van der Waals surface area contributed by atoms with E-state index < -0.39 is 5.63 Å². The summed E-state index contributed by atoms with van der Waals surface area (Å²) >= 11 is 0. The molecule has 1 aromatic carbocycles. The lowest BCUT2D eigenvalue weighted by Crippen LogP contribution is -2.12. The Morgan fingerprint density at radius 3 is 2.31 bits per heavy atom. The summed E-state index contributed by atoms with van der Waals surface area (Å²) in [5.41, 5.74) is 1.55. The maximum absolute atomic E-state index is 11.9. The zero-order valence-corrected chi connectivity index (χ0v) is 9.06. The van der Waals surface area contributed by atoms with Crippen molar-refractivity contribution in [1.82, 2.24) is 4.74 Å². The lowest BCUT2D eigenvalue weighted by molar-refractivity contribution is 0.0834. The van der Waals surface area contributed by atoms with Gasteiger partial charge in [-0.3, -0.25) is 4.79 Å². The van der Waals surface area contributed by atoms with Crippen LogP contribution in [-0.4, -0.2) is 10.6 Å². The molecule has 4 nitrogen and oxygen atoms in total. The summed E-state index contributed by atoms with van der Waals surface area (Å²) in [6.07, 6.45) is 0. The quantitative estimate of drug-likeness (QED) is 0.731. The maximum atomic E-state index is 11.9. The van der Waals surface area contributed by atoms with Crippen molar-refractivity contribution in [3.63, 3.8) is 0 Å². The second-order valence-corrected chi connectivity index (χ2v) is 3.66. The predicted octanol–water partition coefficient (Wildman–Crippen LogP) is 1.75. The Morgan fingerprint density at radius 2 is 1.81 bits per heavy atom. The molecule has 0 fully saturated rings. The molecule has 2 rings (SSSR count). The third kappa shape index (κ3) is 1.82. The van der Waals surface area contributed by atoms with Gasteiger partial charge in [-0.05, 0) is 26.0 Å². The highest BCUT2D eigenvalue weighted by molar-refractivity contribution is 5.95. The summed E-state index contributed by atoms with van der Waals surface area (Å²) in [6, 6.07) is 8.37. The SMILES string of the molecule is Cc1ccc(C(=O)n2oc(=O)cc2C)cc1. The van der Waals surface area contributed by atoms with E-state index in [2.05, 4.69) is 0 Å². The second kappa shape index (κ2) is 3.81. The van der Waals surface area contributed by atoms with Crippen molar-refractivity contribution in [2.45, 2.75) is 13.8 Å². The molecule has 0 N–H and O–H groups in total. The molecule has 4 heteroatoms. The third-order valence-corrected chi connectivity index (χ3v) is 2.31. The van der Waals surface area contributed by atoms with Gasteiger partial charge in [-0.25, -0.2) is 4.79 Å². The van der Waals surface area contributed by atoms with Crippen molar-refractivity contribution in [1.29, 1.82) is 0 Å². The average molecular weight is 217 g/mol. The minimum absolute atomic E-state index is 0.334. The van der Waals surface area contributed by atoms with Crippen LogP contribution < -0.4 is 5.63 Å². The van der Waals surface area contributed by atoms with Crippen LogP contribution >= 0.6 is 0 Å². The first kappa shape index (κ1) is 10.4. The monoisotopic (exact) mass is 217 g/mol. The number of carbonyl (C=O) groups excluding carboxylic acids is 1. The second-order valence-electron chi connectivity index (χ2n) is 3.66. The van der Waals surface area contributed by atoms with Gasteiger partial charge in [0.2, 0.25) is 0 Å². The molecular formula is C12H11NO3. The Labute approximate surface area is 92.1 Å². The molecule has 0 aliphatic carbocycles. The number of hydrogen-bond donors (Lipinski definition) is 0. The van der Waals surface area contributed by atoms with Crippen molar-refractivity contribution < 1.29 is 9.32 Å². The molecule has 0 atom stereocenters. The molecule has 0 unspecified atom stereocenters. The maximum Gasteiger partial charge on any atom is 0.358 e. The van der Waals surface area contributed by atoms with E-state index in [1.54, 1.807) is 19.1 Å². The van der Waals surface area contributed by atoms with Gasteiger partial charge in [0.05, 0.1) is 5.69 Å². The summed E-state index contributed by atoms with van der Waals surface area (Å²) in [7, 11) is 0. The van der Waals surface area contributed by atoms with E-state index in [4.69, 9.17) is 4.52 Å². The van der Waals surface area contributed by atoms with Gasteiger partial charge < -0.3 is 4.52 Å². The van der Waals surface area contributed by atoms with Gasteiger partial charge in [-0.15, -0.1) is 4.74 Å². The van der Waals surface area contributed by atoms with Crippen molar-refractivity contribution in [2.75, 3.05) is 0 Å². The molecule has 0 saturated heterocycles. The lowest BCUT2D eigenvalue weighted by Gasteiger charge is -2.02. The molecule has 0 bridgehead atoms. The van der Waals surface area contributed by atoms with E-state index >= 15 is 0 Å². The minimum atomic E-state index is -0.516. The highest BCUT2D eigenvalue weighted by atomic mass is 16.5. The topological polar surface area (TPSA) is 52.2 Å². The van der Waals surface area contributed by atoms with Gasteiger partial charge in [0.25, 0.3) is 5.91 Å². The van der Waals surface area contributed by atoms with Gasteiger partial charge in [0.15, 0.2) is 0 Å². The van der Waals surface area contributed by atoms with E-state index in [9.17, 15) is 9.59 Å². The molecule has 0 spiro atoms. The molecule has 1 heterocycles. The van der Waals surface area contributed by atoms with Gasteiger partial charge >= 0.3 is 5.63 Å². The Hall–Kier alpha value is -2.10. The number of carbonyl (C=O) groups is 1. The van der Waals surface area contributed by atoms with Crippen molar-refractivity contribution in [3.05, 3.63) is 57.6 Å². The fraction of sp³-hybridized carbons (Fsp3) is 0.167. The van der Waals surface area contributed by atoms with E-state index in [-0.39, 0.29) is 5.91 Å². The van der Waals surface area contributed by atoms with Crippen LogP contribution in [0.25, 0.3) is 0 Å². The fourth-order valence-electron chi connectivity index (χ4n) is 1.43. The van der Waals surface area contributed by atoms with Crippen LogP contribution in [0.5, 0.6) is 0 Å². The number of hydrogen-bond acceptors (Lipinski definition) is 3. The highest BCUT2D eigenvalue weighted by Crippen LogP contribution is 2.07. The van der Waals surface area contributed by atoms with Crippen LogP contribution in [0.4, 0.5) is 0 Å². The zero-order chi connectivity index (χ0) is 11.7. The average Bonchev–Trinajstić information content (AvgIpc) is 2.58. The largest absolute Gasteiger partial charge is 0.358 e. The summed E-state index contributed by atoms with van der Waals surface area (Å²) in [5.74, 6) is -0.334. The summed E-state index contributed by atoms with van der Waals surface area (Å²) in [5, 5.41) is 0. The highest BCUT2D eigenvalue weighted by Gasteiger charge is 2.13. The minimum Gasteiger partial charge on any atom is -0.328 e. The van der Waals surface area contributed by atoms with E-state index in [0.717, 1.165) is 10.3 Å². The standard InChI is InChI=1S/C12H11NO3/c1-8-3-5-10(6-4-8)12(15)13-9(2)7-11(14)16-13/h3-7H,1-2H3. The van der Waals surface area contributed by atoms with Gasteiger partial charge in [0.1, 0.15) is 0 Å². The smallest absolute Gasteiger partial charge is 0.328 e. The lowest BCUT2D eigenvalue weighted by atomic mass is 10.1. The van der Waals surface area contributed by atoms with Crippen molar-refractivity contribution in [2.24, 2.45) is 0 Å². The van der Waals surface area contributed by atoms with Gasteiger partial charge in [-0.2, -0.15) is 0 Å². The molecule has 0 aliphatic rings. The molecule has 0 amide bonds. The molecule has 16 heavy (non-hydrogen) atoms. The molecule has 0 saturated carbocycles. The number of nitrogens with zero attached hydrogens (tertiary/aromatic N) is 1. The first-order valence-electron chi connectivity index (χ1n) is 4.89. The van der Waals surface area contributed by atoms with Crippen LogP contribution in [-0.2, 0) is 0 Å². The van der Waals surface area contributed by atoms with Gasteiger partial charge in [0, 0.05) is 11.6 Å². The van der Waals surface area contributed by atoms with Crippen LogP contribution in [0.15, 0.2) is 39.6 Å². The van der Waals surface area contributed by atoms with E-state index in [1.807, 2.05) is 19.1 Å². The zero-order valence-electron chi connectivity index (χ0n) is 9.06. The van der Waals surface area contributed by atoms with Crippen molar-refractivity contribution >= 4 is 5.91 Å². The molecule has 0 radical (unpaired) electrons. The van der Waals surface area contributed by atoms with Crippen molar-refractivity contribution in [3.8, 4) is 0 Å². The molecule has 1 aromatic heterocycles. The number of aromatic nitrogens is 1. The number of aryl methyl sites for hydroxylation is 2. The summed E-state index contributed by atoms with van der Waals surface area (Å²) < 4.78 is 5.78. The Morgan fingerprint density at radius 1 is 1.19 bits per heavy atom. The van der Waals surface area contributed by atoms with E-state index in [1.165, 1.54) is 6.07 Å². The normalized spacial score (nSPS) is 10.4. The van der Waals surface area contributed by atoms with E-state index in [0.29, 0.717) is 11.3 Å². The first-order chi connectivity index (χ1) is 7.58. The Bertz CT molecular complexity index is 575. The van der Waals surface area contributed by atoms with Crippen LogP contribution in [0.1, 0.15) is 21.6 Å². The summed E-state index contributed by atoms with van der Waals surface area (Å²) in [6.45, 7) is 3.59. The Balaban J connectivity index is 2.43.